The van der Waals surface area contributed by atoms with Gasteiger partial charge in [0.1, 0.15) is 0 Å². The SMILES string of the molecule is CN1NN=NC1O. The van der Waals surface area contributed by atoms with Gasteiger partial charge in [0.25, 0.3) is 0 Å². The Balaban J connectivity index is 2.45. The second-order valence-electron chi connectivity index (χ2n) is 1.27. The number of nitrogens with zero attached hydrogens (tertiary/aromatic N) is 3. The van der Waals surface area contributed by atoms with Crippen LogP contribution in [0.4, 0.5) is 0 Å². The van der Waals surface area contributed by atoms with E-state index in [0.717, 1.165) is 0 Å². The maximum absolute atomic E-state index is 8.60. The molecule has 5 heteroatoms. The predicted octanol–water partition coefficient (Wildman–Crippen LogP) is -0.921. The van der Waals surface area contributed by atoms with Crippen LogP contribution in [0.25, 0.3) is 0 Å². The molecule has 7 heavy (non-hydrogen) atoms. The van der Waals surface area contributed by atoms with E-state index in [4.69, 9.17) is 5.11 Å². The predicted molar refractivity (Wildman–Crippen MR) is 21.8 cm³/mol. The molecule has 0 fully saturated rings. The molecule has 1 unspecified atom stereocenters. The molecule has 0 amide bonds. The third-order valence-electron chi connectivity index (χ3n) is 0.710. The molecule has 2 N–H and O–H groups in total. The average molecular weight is 102 g/mol. The fraction of sp³-hybridized carbons (Fsp3) is 1.00. The molecule has 0 aliphatic carbocycles. The fourth-order valence-electron chi connectivity index (χ4n) is 0.277. The summed E-state index contributed by atoms with van der Waals surface area (Å²) in [5.41, 5.74) is 2.41. The van der Waals surface area contributed by atoms with Crippen molar-refractivity contribution in [1.82, 2.24) is 10.5 Å². The molecule has 0 aromatic rings. The summed E-state index contributed by atoms with van der Waals surface area (Å²) < 4.78 is 0. The monoisotopic (exact) mass is 102 g/mol. The molecule has 0 bridgehead atoms. The van der Waals surface area contributed by atoms with Gasteiger partial charge in [0.05, 0.1) is 0 Å². The first-order chi connectivity index (χ1) is 3.30. The van der Waals surface area contributed by atoms with Gasteiger partial charge in [-0.05, 0) is 0 Å². The van der Waals surface area contributed by atoms with E-state index < -0.39 is 6.35 Å². The van der Waals surface area contributed by atoms with E-state index in [9.17, 15) is 0 Å². The second-order valence-corrected chi connectivity index (χ2v) is 1.27. The van der Waals surface area contributed by atoms with Crippen LogP contribution in [-0.2, 0) is 0 Å². The average Bonchev–Trinajstić information content (AvgIpc) is 1.91. The van der Waals surface area contributed by atoms with Gasteiger partial charge in [-0.3, -0.25) is 0 Å². The summed E-state index contributed by atoms with van der Waals surface area (Å²) >= 11 is 0. The Bertz CT molecular complexity index is 91.7. The van der Waals surface area contributed by atoms with Crippen LogP contribution in [0.3, 0.4) is 0 Å². The quantitative estimate of drug-likeness (QED) is 0.416. The number of hydrazine groups is 1. The first-order valence-electron chi connectivity index (χ1n) is 1.87. The molecule has 5 nitrogen and oxygen atoms in total. The lowest BCUT2D eigenvalue weighted by molar-refractivity contribution is 0.0255. The van der Waals surface area contributed by atoms with Crippen molar-refractivity contribution in [2.45, 2.75) is 6.35 Å². The van der Waals surface area contributed by atoms with E-state index in [1.165, 1.54) is 5.01 Å². The summed E-state index contributed by atoms with van der Waals surface area (Å²) in [7, 11) is 1.64. The van der Waals surface area contributed by atoms with Crippen LogP contribution >= 0.6 is 0 Å². The van der Waals surface area contributed by atoms with Gasteiger partial charge in [0, 0.05) is 7.05 Å². The third kappa shape index (κ3) is 0.675. The van der Waals surface area contributed by atoms with Gasteiger partial charge in [-0.2, -0.15) is 5.01 Å². The molecule has 1 aliphatic heterocycles. The van der Waals surface area contributed by atoms with Crippen molar-refractivity contribution >= 4 is 0 Å². The van der Waals surface area contributed by atoms with Crippen LogP contribution in [0.2, 0.25) is 0 Å². The Morgan fingerprint density at radius 2 is 2.57 bits per heavy atom. The molecule has 0 aromatic heterocycles. The lowest BCUT2D eigenvalue weighted by atomic mass is 10.9. The van der Waals surface area contributed by atoms with Crippen LogP contribution in [0.5, 0.6) is 0 Å². The van der Waals surface area contributed by atoms with E-state index in [2.05, 4.69) is 15.9 Å². The van der Waals surface area contributed by atoms with E-state index in [1.54, 1.807) is 7.05 Å². The van der Waals surface area contributed by atoms with Crippen molar-refractivity contribution in [3.8, 4) is 0 Å². The Kier molecular flexibility index (Phi) is 0.918. The number of aliphatic hydroxyl groups excluding tert-OH is 1. The van der Waals surface area contributed by atoms with Crippen molar-refractivity contribution in [2.24, 2.45) is 10.3 Å². The third-order valence-corrected chi connectivity index (χ3v) is 0.710. The maximum Gasteiger partial charge on any atom is 0.243 e. The topological polar surface area (TPSA) is 60.2 Å². The lowest BCUT2D eigenvalue weighted by Gasteiger charge is -2.06. The molecular formula is C2H6N4O. The molecule has 0 saturated carbocycles. The summed E-state index contributed by atoms with van der Waals surface area (Å²) in [6, 6.07) is 0. The van der Waals surface area contributed by atoms with Gasteiger partial charge in [0.15, 0.2) is 0 Å². The van der Waals surface area contributed by atoms with Crippen molar-refractivity contribution in [1.29, 1.82) is 0 Å². The van der Waals surface area contributed by atoms with Crippen LogP contribution in [0, 0.1) is 0 Å². The lowest BCUT2D eigenvalue weighted by Crippen LogP contribution is -2.32. The second kappa shape index (κ2) is 1.43. The Labute approximate surface area is 40.6 Å². The van der Waals surface area contributed by atoms with Crippen molar-refractivity contribution < 1.29 is 5.11 Å². The molecule has 0 saturated heterocycles. The summed E-state index contributed by atoms with van der Waals surface area (Å²) in [4.78, 5) is 0. The molecular weight excluding hydrogens is 96.0 g/mol. The summed E-state index contributed by atoms with van der Waals surface area (Å²) in [6.45, 7) is 0. The van der Waals surface area contributed by atoms with Crippen LogP contribution in [0.1, 0.15) is 0 Å². The molecule has 0 aromatic carbocycles. The summed E-state index contributed by atoms with van der Waals surface area (Å²) in [5, 5.41) is 16.6. The number of rotatable bonds is 0. The molecule has 1 heterocycles. The van der Waals surface area contributed by atoms with Gasteiger partial charge >= 0.3 is 0 Å². The van der Waals surface area contributed by atoms with Gasteiger partial charge < -0.3 is 5.11 Å². The van der Waals surface area contributed by atoms with Gasteiger partial charge in [0.2, 0.25) is 6.35 Å². The highest BCUT2D eigenvalue weighted by molar-refractivity contribution is 4.46. The molecule has 40 valence electrons. The Morgan fingerprint density at radius 3 is 2.71 bits per heavy atom. The highest BCUT2D eigenvalue weighted by atomic mass is 16.3. The highest BCUT2D eigenvalue weighted by Crippen LogP contribution is 1.95. The number of nitrogens with one attached hydrogen (secondary N) is 1. The minimum absolute atomic E-state index is 0.806. The van der Waals surface area contributed by atoms with Crippen molar-refractivity contribution in [3.05, 3.63) is 0 Å². The van der Waals surface area contributed by atoms with E-state index in [-0.39, 0.29) is 0 Å². The fourth-order valence-corrected chi connectivity index (χ4v) is 0.277. The zero-order chi connectivity index (χ0) is 5.28. The maximum atomic E-state index is 8.60. The van der Waals surface area contributed by atoms with Crippen LogP contribution in [0.15, 0.2) is 10.3 Å². The van der Waals surface area contributed by atoms with Gasteiger partial charge in [-0.25, -0.2) is 5.53 Å². The smallest absolute Gasteiger partial charge is 0.243 e. The van der Waals surface area contributed by atoms with Crippen molar-refractivity contribution in [2.75, 3.05) is 7.05 Å². The number of hydrogen-bond donors (Lipinski definition) is 2. The molecule has 1 rings (SSSR count). The highest BCUT2D eigenvalue weighted by Gasteiger charge is 2.12. The zero-order valence-electron chi connectivity index (χ0n) is 3.87. The van der Waals surface area contributed by atoms with E-state index in [1.807, 2.05) is 0 Å². The summed E-state index contributed by atoms with van der Waals surface area (Å²) in [6.07, 6.45) is -0.806. The molecule has 1 atom stereocenters. The van der Waals surface area contributed by atoms with E-state index in [0.29, 0.717) is 0 Å². The Hall–Kier alpha value is -0.680. The zero-order valence-corrected chi connectivity index (χ0v) is 3.87. The molecule has 0 radical (unpaired) electrons. The van der Waals surface area contributed by atoms with Crippen molar-refractivity contribution in [3.63, 3.8) is 0 Å². The molecule has 1 aliphatic rings. The molecule has 0 spiro atoms. The first-order valence-corrected chi connectivity index (χ1v) is 1.87. The normalized spacial score (nSPS) is 30.9. The minimum atomic E-state index is -0.806. The number of hydrogen-bond acceptors (Lipinski definition) is 5. The number of aliphatic hydroxyl groups is 1. The van der Waals surface area contributed by atoms with Crippen LogP contribution < -0.4 is 5.53 Å². The van der Waals surface area contributed by atoms with Crippen LogP contribution in [-0.4, -0.2) is 23.5 Å². The first kappa shape index (κ1) is 4.48. The van der Waals surface area contributed by atoms with Gasteiger partial charge in [-0.15, -0.1) is 5.11 Å². The minimum Gasteiger partial charge on any atom is -0.357 e. The van der Waals surface area contributed by atoms with E-state index >= 15 is 0 Å². The Morgan fingerprint density at radius 1 is 1.86 bits per heavy atom. The standard InChI is InChI=1S/C2H6N4O/c1-6-2(7)3-4-5-6/h2,7H,1H3,(H,3,5). The largest absolute Gasteiger partial charge is 0.357 e. The summed E-state index contributed by atoms with van der Waals surface area (Å²) in [5.74, 6) is 0. The van der Waals surface area contributed by atoms with Gasteiger partial charge in [-0.1, -0.05) is 5.22 Å².